The second-order valence-electron chi connectivity index (χ2n) is 6.41. The predicted octanol–water partition coefficient (Wildman–Crippen LogP) is 2.77. The van der Waals surface area contributed by atoms with E-state index in [4.69, 9.17) is 11.0 Å². The number of hydrogen-bond acceptors (Lipinski definition) is 3. The first kappa shape index (κ1) is 15.5. The van der Waals surface area contributed by atoms with Gasteiger partial charge in [0.15, 0.2) is 0 Å². The van der Waals surface area contributed by atoms with Crippen molar-refractivity contribution in [1.29, 1.82) is 5.26 Å². The van der Waals surface area contributed by atoms with Crippen LogP contribution in [-0.4, -0.2) is 30.6 Å². The molecule has 0 aromatic rings. The van der Waals surface area contributed by atoms with Gasteiger partial charge in [-0.15, -0.1) is 0 Å². The van der Waals surface area contributed by atoms with Crippen LogP contribution in [0.2, 0.25) is 0 Å². The van der Waals surface area contributed by atoms with Crippen molar-refractivity contribution in [2.75, 3.05) is 19.6 Å². The lowest BCUT2D eigenvalue weighted by atomic mass is 9.88. The molecule has 3 heteroatoms. The van der Waals surface area contributed by atoms with Gasteiger partial charge in [0.2, 0.25) is 0 Å². The number of nitrogens with zero attached hydrogens (tertiary/aromatic N) is 2. The fraction of sp³-hybridized carbons (Fsp3) is 0.933. The Kier molecular flexibility index (Phi) is 6.11. The van der Waals surface area contributed by atoms with Gasteiger partial charge in [0.05, 0.1) is 11.5 Å². The van der Waals surface area contributed by atoms with Crippen molar-refractivity contribution in [3.8, 4) is 6.07 Å². The lowest BCUT2D eigenvalue weighted by molar-refractivity contribution is 0.104. The normalized spacial score (nSPS) is 25.9. The van der Waals surface area contributed by atoms with Crippen molar-refractivity contribution in [2.24, 2.45) is 17.1 Å². The Morgan fingerprint density at radius 2 is 2.11 bits per heavy atom. The SMILES string of the molecule is CC1CCCN(CCCCC(C)(C)C#N)C1CN. The van der Waals surface area contributed by atoms with Crippen molar-refractivity contribution in [1.82, 2.24) is 4.90 Å². The zero-order chi connectivity index (χ0) is 13.6. The summed E-state index contributed by atoms with van der Waals surface area (Å²) in [4.78, 5) is 2.56. The molecule has 1 saturated heterocycles. The Morgan fingerprint density at radius 1 is 1.39 bits per heavy atom. The second kappa shape index (κ2) is 7.11. The third-order valence-corrected chi connectivity index (χ3v) is 4.27. The van der Waals surface area contributed by atoms with Crippen LogP contribution in [0, 0.1) is 22.7 Å². The van der Waals surface area contributed by atoms with E-state index in [2.05, 4.69) is 17.9 Å². The van der Waals surface area contributed by atoms with Crippen LogP contribution in [-0.2, 0) is 0 Å². The maximum atomic E-state index is 8.98. The Labute approximate surface area is 112 Å². The van der Waals surface area contributed by atoms with Crippen LogP contribution in [0.3, 0.4) is 0 Å². The van der Waals surface area contributed by atoms with E-state index < -0.39 is 0 Å². The Balaban J connectivity index is 2.28. The van der Waals surface area contributed by atoms with Gasteiger partial charge >= 0.3 is 0 Å². The standard InChI is InChI=1S/C15H29N3/c1-13-7-6-10-18(14(13)11-16)9-5-4-8-15(2,3)12-17/h13-14H,4-11,16H2,1-3H3. The smallest absolute Gasteiger partial charge is 0.0683 e. The Hall–Kier alpha value is -0.590. The molecule has 1 fully saturated rings. The van der Waals surface area contributed by atoms with Gasteiger partial charge in [-0.1, -0.05) is 13.3 Å². The van der Waals surface area contributed by atoms with Gasteiger partial charge in [-0.05, 0) is 58.5 Å². The molecule has 1 aliphatic heterocycles. The van der Waals surface area contributed by atoms with E-state index in [1.165, 1.54) is 25.8 Å². The number of likely N-dealkylation sites (tertiary alicyclic amines) is 1. The molecule has 0 aliphatic carbocycles. The molecule has 0 aromatic carbocycles. The molecular weight excluding hydrogens is 222 g/mol. The third kappa shape index (κ3) is 4.59. The zero-order valence-corrected chi connectivity index (χ0v) is 12.3. The van der Waals surface area contributed by atoms with Gasteiger partial charge in [0.1, 0.15) is 0 Å². The summed E-state index contributed by atoms with van der Waals surface area (Å²) in [6.07, 6.45) is 5.96. The second-order valence-corrected chi connectivity index (χ2v) is 6.41. The average Bonchev–Trinajstić information content (AvgIpc) is 2.35. The van der Waals surface area contributed by atoms with E-state index in [0.29, 0.717) is 6.04 Å². The van der Waals surface area contributed by atoms with Crippen LogP contribution < -0.4 is 5.73 Å². The molecule has 1 heterocycles. The quantitative estimate of drug-likeness (QED) is 0.739. The molecule has 1 rings (SSSR count). The van der Waals surface area contributed by atoms with Gasteiger partial charge in [0.25, 0.3) is 0 Å². The topological polar surface area (TPSA) is 53.0 Å². The van der Waals surface area contributed by atoms with Gasteiger partial charge in [-0.2, -0.15) is 5.26 Å². The molecular formula is C15H29N3. The van der Waals surface area contributed by atoms with E-state index in [-0.39, 0.29) is 5.41 Å². The number of unbranched alkanes of at least 4 members (excludes halogenated alkanes) is 1. The van der Waals surface area contributed by atoms with Crippen molar-refractivity contribution in [3.05, 3.63) is 0 Å². The first-order valence-electron chi connectivity index (χ1n) is 7.35. The molecule has 0 spiro atoms. The highest BCUT2D eigenvalue weighted by atomic mass is 15.2. The fourth-order valence-electron chi connectivity index (χ4n) is 2.93. The van der Waals surface area contributed by atoms with Crippen LogP contribution in [0.15, 0.2) is 0 Å². The molecule has 1 aliphatic rings. The summed E-state index contributed by atoms with van der Waals surface area (Å²) in [6.45, 7) is 9.51. The number of rotatable bonds is 6. The monoisotopic (exact) mass is 251 g/mol. The largest absolute Gasteiger partial charge is 0.329 e. The summed E-state index contributed by atoms with van der Waals surface area (Å²) in [6, 6.07) is 2.95. The molecule has 0 amide bonds. The molecule has 2 N–H and O–H groups in total. The van der Waals surface area contributed by atoms with E-state index in [1.54, 1.807) is 0 Å². The van der Waals surface area contributed by atoms with Gasteiger partial charge in [-0.3, -0.25) is 4.90 Å². The van der Waals surface area contributed by atoms with Crippen LogP contribution >= 0.6 is 0 Å². The summed E-state index contributed by atoms with van der Waals surface area (Å²) in [5, 5.41) is 8.98. The molecule has 104 valence electrons. The summed E-state index contributed by atoms with van der Waals surface area (Å²) in [7, 11) is 0. The highest BCUT2D eigenvalue weighted by Gasteiger charge is 2.26. The molecule has 0 radical (unpaired) electrons. The Morgan fingerprint density at radius 3 is 2.72 bits per heavy atom. The van der Waals surface area contributed by atoms with Crippen molar-refractivity contribution in [3.63, 3.8) is 0 Å². The van der Waals surface area contributed by atoms with Crippen LogP contribution in [0.25, 0.3) is 0 Å². The highest BCUT2D eigenvalue weighted by Crippen LogP contribution is 2.25. The van der Waals surface area contributed by atoms with Crippen LogP contribution in [0.1, 0.15) is 52.9 Å². The summed E-state index contributed by atoms with van der Waals surface area (Å²) < 4.78 is 0. The average molecular weight is 251 g/mol. The van der Waals surface area contributed by atoms with Gasteiger partial charge < -0.3 is 5.73 Å². The van der Waals surface area contributed by atoms with Crippen LogP contribution in [0.4, 0.5) is 0 Å². The van der Waals surface area contributed by atoms with E-state index in [1.807, 2.05) is 13.8 Å². The fourth-order valence-corrected chi connectivity index (χ4v) is 2.93. The minimum atomic E-state index is -0.164. The predicted molar refractivity (Wildman–Crippen MR) is 76.1 cm³/mol. The van der Waals surface area contributed by atoms with E-state index in [9.17, 15) is 0 Å². The number of nitrogens with two attached hydrogens (primary N) is 1. The van der Waals surface area contributed by atoms with E-state index >= 15 is 0 Å². The highest BCUT2D eigenvalue weighted by molar-refractivity contribution is 4.91. The molecule has 2 atom stereocenters. The summed E-state index contributed by atoms with van der Waals surface area (Å²) in [5.74, 6) is 0.735. The summed E-state index contributed by atoms with van der Waals surface area (Å²) in [5.41, 5.74) is 5.73. The van der Waals surface area contributed by atoms with Gasteiger partial charge in [0, 0.05) is 12.6 Å². The van der Waals surface area contributed by atoms with Crippen molar-refractivity contribution in [2.45, 2.75) is 58.9 Å². The lowest BCUT2D eigenvalue weighted by Gasteiger charge is -2.39. The maximum Gasteiger partial charge on any atom is 0.0683 e. The molecule has 0 bridgehead atoms. The minimum absolute atomic E-state index is 0.164. The lowest BCUT2D eigenvalue weighted by Crippen LogP contribution is -2.48. The van der Waals surface area contributed by atoms with E-state index in [0.717, 1.165) is 31.8 Å². The number of piperidine rings is 1. The first-order valence-corrected chi connectivity index (χ1v) is 7.35. The van der Waals surface area contributed by atoms with Gasteiger partial charge in [-0.25, -0.2) is 0 Å². The third-order valence-electron chi connectivity index (χ3n) is 4.27. The zero-order valence-electron chi connectivity index (χ0n) is 12.3. The van der Waals surface area contributed by atoms with Crippen molar-refractivity contribution >= 4 is 0 Å². The molecule has 0 saturated carbocycles. The Bertz CT molecular complexity index is 280. The number of hydrogen-bond donors (Lipinski definition) is 1. The van der Waals surface area contributed by atoms with Crippen LogP contribution in [0.5, 0.6) is 0 Å². The summed E-state index contributed by atoms with van der Waals surface area (Å²) >= 11 is 0. The first-order chi connectivity index (χ1) is 8.50. The molecule has 0 aromatic heterocycles. The van der Waals surface area contributed by atoms with Crippen molar-refractivity contribution < 1.29 is 0 Å². The minimum Gasteiger partial charge on any atom is -0.329 e. The molecule has 2 unspecified atom stereocenters. The molecule has 18 heavy (non-hydrogen) atoms. The molecule has 3 nitrogen and oxygen atoms in total. The number of nitriles is 1. The maximum absolute atomic E-state index is 8.98.